The molecular formula is C26H27FN2O3S. The second-order valence-corrected chi connectivity index (χ2v) is 9.00. The summed E-state index contributed by atoms with van der Waals surface area (Å²) in [4.78, 5) is 28.3. The maximum atomic E-state index is 13.8. The van der Waals surface area contributed by atoms with Crippen LogP contribution in [-0.4, -0.2) is 35.9 Å². The van der Waals surface area contributed by atoms with E-state index in [9.17, 15) is 14.0 Å². The van der Waals surface area contributed by atoms with Gasteiger partial charge in [-0.2, -0.15) is 0 Å². The summed E-state index contributed by atoms with van der Waals surface area (Å²) < 4.78 is 19.7. The molecule has 0 radical (unpaired) electrons. The van der Waals surface area contributed by atoms with Crippen molar-refractivity contribution in [2.75, 3.05) is 13.2 Å². The van der Waals surface area contributed by atoms with Gasteiger partial charge in [0.2, 0.25) is 5.91 Å². The molecule has 1 atom stereocenters. The molecule has 1 saturated heterocycles. The van der Waals surface area contributed by atoms with Crippen LogP contribution in [0.15, 0.2) is 66.0 Å². The van der Waals surface area contributed by atoms with Gasteiger partial charge in [0.05, 0.1) is 11.5 Å². The first-order valence-corrected chi connectivity index (χ1v) is 12.1. The Morgan fingerprint density at radius 3 is 2.82 bits per heavy atom. The molecule has 1 aromatic heterocycles. The Kier molecular flexibility index (Phi) is 7.73. The molecule has 0 bridgehead atoms. The zero-order valence-corrected chi connectivity index (χ0v) is 19.2. The molecule has 5 nitrogen and oxygen atoms in total. The minimum absolute atomic E-state index is 0.102. The molecule has 1 N–H and O–H groups in total. The highest BCUT2D eigenvalue weighted by Gasteiger charge is 2.31. The van der Waals surface area contributed by atoms with Gasteiger partial charge in [-0.05, 0) is 60.0 Å². The van der Waals surface area contributed by atoms with E-state index in [2.05, 4.69) is 5.32 Å². The highest BCUT2D eigenvalue weighted by Crippen LogP contribution is 2.23. The molecule has 4 rings (SSSR count). The van der Waals surface area contributed by atoms with E-state index in [0.717, 1.165) is 18.4 Å². The van der Waals surface area contributed by atoms with Gasteiger partial charge in [-0.1, -0.05) is 36.4 Å². The van der Waals surface area contributed by atoms with Crippen LogP contribution < -0.4 is 10.1 Å². The van der Waals surface area contributed by atoms with E-state index in [1.54, 1.807) is 23.1 Å². The lowest BCUT2D eigenvalue weighted by molar-refractivity contribution is -0.125. The molecule has 7 heteroatoms. The number of benzene rings is 2. The molecule has 1 aliphatic rings. The summed E-state index contributed by atoms with van der Waals surface area (Å²) in [6.45, 7) is 1.29. The Bertz CT molecular complexity index is 1090. The van der Waals surface area contributed by atoms with Gasteiger partial charge in [0.1, 0.15) is 17.6 Å². The van der Waals surface area contributed by atoms with Crippen LogP contribution in [0.5, 0.6) is 5.75 Å². The molecule has 2 amide bonds. The van der Waals surface area contributed by atoms with Crippen molar-refractivity contribution in [1.82, 2.24) is 10.2 Å². The van der Waals surface area contributed by atoms with Crippen molar-refractivity contribution < 1.29 is 18.7 Å². The van der Waals surface area contributed by atoms with Gasteiger partial charge in [0, 0.05) is 19.5 Å². The summed E-state index contributed by atoms with van der Waals surface area (Å²) in [5.41, 5.74) is 1.49. The third-order valence-electron chi connectivity index (χ3n) is 5.72. The standard InChI is InChI=1S/C26H27FN2O3S/c27-22-10-2-1-8-20(22)13-15-32-21-9-5-7-19(17-21)18-29(26(31)24-12-6-16-33-24)23-11-3-4-14-28-25(23)30/h1-2,5-10,12,16-17,23H,3-4,11,13-15,18H2,(H,28,30)/t23-/m0/s1. The van der Waals surface area contributed by atoms with Crippen molar-refractivity contribution in [3.05, 3.63) is 87.9 Å². The average molecular weight is 467 g/mol. The second-order valence-electron chi connectivity index (χ2n) is 8.05. The number of amides is 2. The molecule has 1 aliphatic heterocycles. The number of hydrogen-bond donors (Lipinski definition) is 1. The van der Waals surface area contributed by atoms with Gasteiger partial charge in [-0.15, -0.1) is 11.3 Å². The highest BCUT2D eigenvalue weighted by atomic mass is 32.1. The lowest BCUT2D eigenvalue weighted by Gasteiger charge is -2.30. The first-order chi connectivity index (χ1) is 16.1. The van der Waals surface area contributed by atoms with Crippen molar-refractivity contribution >= 4 is 23.2 Å². The van der Waals surface area contributed by atoms with Gasteiger partial charge in [0.15, 0.2) is 0 Å². The van der Waals surface area contributed by atoms with Crippen LogP contribution in [0.4, 0.5) is 4.39 Å². The van der Waals surface area contributed by atoms with Gasteiger partial charge in [0.25, 0.3) is 5.91 Å². The van der Waals surface area contributed by atoms with E-state index >= 15 is 0 Å². The smallest absolute Gasteiger partial charge is 0.264 e. The van der Waals surface area contributed by atoms with Gasteiger partial charge in [-0.3, -0.25) is 9.59 Å². The van der Waals surface area contributed by atoms with Crippen LogP contribution in [0.2, 0.25) is 0 Å². The first kappa shape index (κ1) is 23.0. The Hall–Kier alpha value is -3.19. The zero-order chi connectivity index (χ0) is 23.0. The minimum Gasteiger partial charge on any atom is -0.493 e. The van der Waals surface area contributed by atoms with Crippen LogP contribution in [-0.2, 0) is 17.8 Å². The number of nitrogens with one attached hydrogen (secondary N) is 1. The normalized spacial score (nSPS) is 16.0. The Balaban J connectivity index is 1.48. The van der Waals surface area contributed by atoms with Crippen LogP contribution in [0.1, 0.15) is 40.1 Å². The summed E-state index contributed by atoms with van der Waals surface area (Å²) in [7, 11) is 0. The van der Waals surface area contributed by atoms with Gasteiger partial charge < -0.3 is 15.0 Å². The molecular weight excluding hydrogens is 439 g/mol. The SMILES string of the molecule is O=C1NCCCC[C@@H]1N(Cc1cccc(OCCc2ccccc2F)c1)C(=O)c1cccs1. The third kappa shape index (κ3) is 5.99. The molecule has 0 saturated carbocycles. The number of carbonyl (C=O) groups excluding carboxylic acids is 2. The number of rotatable bonds is 8. The van der Waals surface area contributed by atoms with Gasteiger partial charge >= 0.3 is 0 Å². The largest absolute Gasteiger partial charge is 0.493 e. The zero-order valence-electron chi connectivity index (χ0n) is 18.3. The Morgan fingerprint density at radius 2 is 2.00 bits per heavy atom. The minimum atomic E-state index is -0.507. The first-order valence-electron chi connectivity index (χ1n) is 11.2. The van der Waals surface area contributed by atoms with Crippen LogP contribution in [0.25, 0.3) is 0 Å². The van der Waals surface area contributed by atoms with Crippen molar-refractivity contribution in [3.8, 4) is 5.75 Å². The fraction of sp³-hybridized carbons (Fsp3) is 0.308. The average Bonchev–Trinajstić information content (AvgIpc) is 3.28. The van der Waals surface area contributed by atoms with Crippen LogP contribution in [0.3, 0.4) is 0 Å². The summed E-state index contributed by atoms with van der Waals surface area (Å²) in [5.74, 6) is 0.171. The van der Waals surface area contributed by atoms with Crippen molar-refractivity contribution in [1.29, 1.82) is 0 Å². The molecule has 2 heterocycles. The number of thiophene rings is 1. The van der Waals surface area contributed by atoms with Crippen LogP contribution in [0, 0.1) is 5.82 Å². The van der Waals surface area contributed by atoms with Crippen molar-refractivity contribution in [2.24, 2.45) is 0 Å². The molecule has 0 spiro atoms. The van der Waals surface area contributed by atoms with E-state index in [0.29, 0.717) is 48.7 Å². The van der Waals surface area contributed by atoms with E-state index in [1.165, 1.54) is 17.4 Å². The monoisotopic (exact) mass is 466 g/mol. The molecule has 33 heavy (non-hydrogen) atoms. The molecule has 0 unspecified atom stereocenters. The topological polar surface area (TPSA) is 58.6 Å². The summed E-state index contributed by atoms with van der Waals surface area (Å²) in [5, 5.41) is 4.80. The van der Waals surface area contributed by atoms with Crippen molar-refractivity contribution in [3.63, 3.8) is 0 Å². The fourth-order valence-electron chi connectivity index (χ4n) is 4.00. The lowest BCUT2D eigenvalue weighted by atomic mass is 10.1. The quantitative estimate of drug-likeness (QED) is 0.518. The third-order valence-corrected chi connectivity index (χ3v) is 6.58. The summed E-state index contributed by atoms with van der Waals surface area (Å²) in [6, 6.07) is 17.3. The molecule has 3 aromatic rings. The summed E-state index contributed by atoms with van der Waals surface area (Å²) in [6.07, 6.45) is 2.90. The molecule has 172 valence electrons. The number of carbonyl (C=O) groups is 2. The Labute approximate surface area is 197 Å². The maximum absolute atomic E-state index is 13.8. The summed E-state index contributed by atoms with van der Waals surface area (Å²) >= 11 is 1.38. The van der Waals surface area contributed by atoms with E-state index in [-0.39, 0.29) is 17.6 Å². The van der Waals surface area contributed by atoms with E-state index < -0.39 is 6.04 Å². The number of hydrogen-bond acceptors (Lipinski definition) is 4. The van der Waals surface area contributed by atoms with Gasteiger partial charge in [-0.25, -0.2) is 4.39 Å². The predicted octanol–water partition coefficient (Wildman–Crippen LogP) is 4.82. The van der Waals surface area contributed by atoms with E-state index in [4.69, 9.17) is 4.74 Å². The Morgan fingerprint density at radius 1 is 1.12 bits per heavy atom. The molecule has 1 fully saturated rings. The lowest BCUT2D eigenvalue weighted by Crippen LogP contribution is -2.48. The maximum Gasteiger partial charge on any atom is 0.264 e. The second kappa shape index (κ2) is 11.1. The number of nitrogens with zero attached hydrogens (tertiary/aromatic N) is 1. The fourth-order valence-corrected chi connectivity index (χ4v) is 4.68. The molecule has 2 aromatic carbocycles. The number of halogens is 1. The highest BCUT2D eigenvalue weighted by molar-refractivity contribution is 7.12. The van der Waals surface area contributed by atoms with E-state index in [1.807, 2.05) is 41.8 Å². The van der Waals surface area contributed by atoms with Crippen LogP contribution >= 0.6 is 11.3 Å². The molecule has 0 aliphatic carbocycles. The number of ether oxygens (including phenoxy) is 1. The predicted molar refractivity (Wildman–Crippen MR) is 127 cm³/mol. The van der Waals surface area contributed by atoms with Crippen molar-refractivity contribution in [2.45, 2.75) is 38.3 Å².